The van der Waals surface area contributed by atoms with Crippen LogP contribution in [0.5, 0.6) is 0 Å². The van der Waals surface area contributed by atoms with E-state index in [-0.39, 0.29) is 18.9 Å². The quantitative estimate of drug-likeness (QED) is 0.331. The van der Waals surface area contributed by atoms with Gasteiger partial charge in [-0.1, -0.05) is 0 Å². The molecule has 0 atom stereocenters. The molecule has 0 aliphatic carbocycles. The fourth-order valence-electron chi connectivity index (χ4n) is 0. The molecule has 0 aromatic rings. The fourth-order valence-corrected chi connectivity index (χ4v) is 0. The summed E-state index contributed by atoms with van der Waals surface area (Å²) in [7, 11) is -10.8. The van der Waals surface area contributed by atoms with E-state index in [1.165, 1.54) is 0 Å². The van der Waals surface area contributed by atoms with Crippen molar-refractivity contribution in [3.8, 4) is 0 Å². The maximum atomic E-state index is 9.78. The molecular weight excluding hydrogens is 256 g/mol. The van der Waals surface area contributed by atoms with Crippen LogP contribution in [0.25, 0.3) is 0 Å². The molecule has 0 heterocycles. The van der Waals surface area contributed by atoms with Gasteiger partial charge in [0.05, 0.1) is 12.5 Å². The summed E-state index contributed by atoms with van der Waals surface area (Å²) in [6.07, 6.45) is 1.43. The van der Waals surface area contributed by atoms with E-state index in [2.05, 4.69) is 0 Å². The van der Waals surface area contributed by atoms with Crippen molar-refractivity contribution in [3.05, 3.63) is 0 Å². The Kier molecular flexibility index (Phi) is 17.7. The maximum absolute atomic E-state index is 9.78. The van der Waals surface area contributed by atoms with Gasteiger partial charge in [-0.15, -0.1) is 0 Å². The first kappa shape index (κ1) is 24.5. The molecule has 0 saturated carbocycles. The van der Waals surface area contributed by atoms with Crippen molar-refractivity contribution < 1.29 is 58.5 Å². The van der Waals surface area contributed by atoms with Crippen LogP contribution in [0.4, 0.5) is 8.63 Å². The monoisotopic (exact) mass is 264 g/mol. The summed E-state index contributed by atoms with van der Waals surface area (Å²) < 4.78 is 71.3. The average molecular weight is 264 g/mol. The summed E-state index contributed by atoms with van der Waals surface area (Å²) in [6, 6.07) is 0. The molecule has 0 spiro atoms. The Morgan fingerprint density at radius 2 is 1.00 bits per heavy atom. The van der Waals surface area contributed by atoms with E-state index in [0.717, 1.165) is 0 Å². The topological polar surface area (TPSA) is 132 Å². The van der Waals surface area contributed by atoms with Crippen molar-refractivity contribution in [2.75, 3.05) is 12.5 Å². The molecule has 0 bridgehead atoms. The number of hydrogen-bond donors (Lipinski definition) is 2. The molecule has 13 heteroatoms. The Labute approximate surface area is 98.8 Å². The molecule has 0 aromatic heterocycles. The predicted molar refractivity (Wildman–Crippen MR) is 42.9 cm³/mol. The van der Waals surface area contributed by atoms with Crippen LogP contribution in [0.1, 0.15) is 0 Å². The van der Waals surface area contributed by atoms with Crippen LogP contribution in [-0.4, -0.2) is 45.9 Å². The maximum Gasteiger partial charge on any atom is 1.00 e. The van der Waals surface area contributed by atoms with Gasteiger partial charge in [0.2, 0.25) is 0 Å². The second kappa shape index (κ2) is 10.8. The van der Waals surface area contributed by atoms with Crippen molar-refractivity contribution in [2.24, 2.45) is 0 Å². The third-order valence-corrected chi connectivity index (χ3v) is 0. The molecule has 2 N–H and O–H groups in total. The van der Waals surface area contributed by atoms with E-state index < -0.39 is 27.7 Å². The Balaban J connectivity index is -0.0000000590. The Morgan fingerprint density at radius 1 is 1.00 bits per heavy atom. The summed E-state index contributed by atoms with van der Waals surface area (Å²) in [4.78, 5) is 0. The van der Waals surface area contributed by atoms with Gasteiger partial charge in [-0.2, -0.15) is 16.8 Å². The first-order valence-corrected chi connectivity index (χ1v) is 6.22. The van der Waals surface area contributed by atoms with E-state index >= 15 is 0 Å². The van der Waals surface area contributed by atoms with E-state index in [1.54, 1.807) is 0 Å². The van der Waals surface area contributed by atoms with Gasteiger partial charge in [-0.3, -0.25) is 9.11 Å². The van der Waals surface area contributed by atoms with Crippen LogP contribution in [-0.2, 0) is 20.2 Å². The summed E-state index contributed by atoms with van der Waals surface area (Å²) in [5.74, 6) is 0. The first-order chi connectivity index (χ1) is 5.73. The zero-order chi connectivity index (χ0) is 12.6. The molecule has 0 rings (SSSR count). The zero-order valence-corrected chi connectivity index (χ0v) is 9.72. The third-order valence-electron chi connectivity index (χ3n) is 0. The van der Waals surface area contributed by atoms with Gasteiger partial charge in [-0.05, 0) is 0 Å². The Hall–Kier alpha value is 0.302. The van der Waals surface area contributed by atoms with Crippen LogP contribution in [0.2, 0.25) is 0 Å². The average Bonchev–Trinajstić information content (AvgIpc) is 1.45. The van der Waals surface area contributed by atoms with Crippen molar-refractivity contribution in [3.63, 3.8) is 0 Å². The first-order valence-electron chi connectivity index (χ1n) is 2.52. The molecule has 0 aliphatic heterocycles. The molecule has 0 saturated heterocycles. The van der Waals surface area contributed by atoms with Gasteiger partial charge >= 0.3 is 26.3 Å². The van der Waals surface area contributed by atoms with E-state index in [4.69, 9.17) is 14.1 Å². The largest absolute Gasteiger partial charge is 1.00 e. The summed E-state index contributed by atoms with van der Waals surface area (Å²) in [6.45, 7) is 0. The van der Waals surface area contributed by atoms with Gasteiger partial charge in [0.1, 0.15) is 0 Å². The van der Waals surface area contributed by atoms with Crippen LogP contribution < -0.4 is 23.9 Å². The second-order valence-electron chi connectivity index (χ2n) is 1.73. The molecule has 0 radical (unpaired) electrons. The predicted octanol–water partition coefficient (Wildman–Crippen LogP) is -4.72. The zero-order valence-electron chi connectivity index (χ0n) is 8.09. The van der Waals surface area contributed by atoms with Gasteiger partial charge in [0.15, 0.2) is 0 Å². The number of halogens is 2. The van der Waals surface area contributed by atoms with Crippen molar-refractivity contribution in [1.29, 1.82) is 0 Å². The van der Waals surface area contributed by atoms with Gasteiger partial charge in [0, 0.05) is 0 Å². The molecule has 7 nitrogen and oxygen atoms in total. The Bertz CT molecular complexity index is 263. The van der Waals surface area contributed by atoms with E-state index in [9.17, 15) is 25.5 Å². The standard InChI is InChI=1S/2CH4O3S.BF2O.Li/c2*1-5(2,3)4;2-1(3)4;/h2*1H3,(H,2,3,4);;/q;;-1;+1. The molecule has 0 fully saturated rings. The van der Waals surface area contributed by atoms with Gasteiger partial charge in [-0.25, -0.2) is 0 Å². The van der Waals surface area contributed by atoms with Crippen molar-refractivity contribution >= 4 is 27.7 Å². The van der Waals surface area contributed by atoms with Crippen LogP contribution in [0, 0.1) is 0 Å². The summed E-state index contributed by atoms with van der Waals surface area (Å²) in [5.41, 5.74) is 0. The smallest absolute Gasteiger partial charge is 0.824 e. The fraction of sp³-hybridized carbons (Fsp3) is 1.00. The minimum Gasteiger partial charge on any atom is -0.824 e. The second-order valence-corrected chi connectivity index (χ2v) is 4.66. The van der Waals surface area contributed by atoms with E-state index in [0.29, 0.717) is 12.5 Å². The summed E-state index contributed by atoms with van der Waals surface area (Å²) in [5, 5.41) is 8.19. The van der Waals surface area contributed by atoms with Crippen LogP contribution in [0.3, 0.4) is 0 Å². The van der Waals surface area contributed by atoms with Gasteiger partial charge in [0.25, 0.3) is 20.2 Å². The SMILES string of the molecule is CS(=O)(=O)O.CS(=O)(=O)O.[Li+].[O-]B(F)F. The molecule has 15 heavy (non-hydrogen) atoms. The number of hydrogen-bond acceptors (Lipinski definition) is 5. The molecular formula is C2H8BF2LiO7S2. The minimum atomic E-state index is -3.67. The third kappa shape index (κ3) is 23700. The van der Waals surface area contributed by atoms with Crippen molar-refractivity contribution in [1.82, 2.24) is 0 Å². The molecule has 0 aliphatic rings. The molecule has 0 aromatic carbocycles. The summed E-state index contributed by atoms with van der Waals surface area (Å²) >= 11 is 0. The van der Waals surface area contributed by atoms with Crippen LogP contribution >= 0.6 is 0 Å². The molecule has 88 valence electrons. The van der Waals surface area contributed by atoms with Crippen molar-refractivity contribution in [2.45, 2.75) is 0 Å². The number of rotatable bonds is 0. The van der Waals surface area contributed by atoms with E-state index in [1.807, 2.05) is 0 Å². The van der Waals surface area contributed by atoms with Gasteiger partial charge < -0.3 is 13.7 Å². The normalized spacial score (nSPS) is 9.53. The van der Waals surface area contributed by atoms with Crippen LogP contribution in [0.15, 0.2) is 0 Å². The molecule has 0 unspecified atom stereocenters. The Morgan fingerprint density at radius 3 is 1.00 bits per heavy atom. The molecule has 0 amide bonds. The minimum absolute atomic E-state index is 0.